The minimum atomic E-state index is 0.984. The van der Waals surface area contributed by atoms with Crippen molar-refractivity contribution in [1.29, 1.82) is 0 Å². The fourth-order valence-corrected chi connectivity index (χ4v) is 1.69. The second-order valence-corrected chi connectivity index (χ2v) is 4.48. The monoisotopic (exact) mass is 224 g/mol. The molecule has 4 nitrogen and oxygen atoms in total. The maximum Gasteiger partial charge on any atom is 0.203 e. The molecule has 0 aliphatic carbocycles. The molecule has 0 bridgehead atoms. The van der Waals surface area contributed by atoms with Crippen molar-refractivity contribution in [2.24, 2.45) is 0 Å². The van der Waals surface area contributed by atoms with Gasteiger partial charge in [0.15, 0.2) is 0 Å². The standard InChI is InChI=1S/C12H24N4/c1-5-8-16-10-11(2)14-12(16)13-7-6-9-15(3)4/h10H,5-9H2,1-4H3,(H,13,14). The van der Waals surface area contributed by atoms with E-state index in [1.54, 1.807) is 0 Å². The Morgan fingerprint density at radius 3 is 2.81 bits per heavy atom. The maximum absolute atomic E-state index is 4.48. The summed E-state index contributed by atoms with van der Waals surface area (Å²) in [6.45, 7) is 7.36. The lowest BCUT2D eigenvalue weighted by Gasteiger charge is -2.11. The molecule has 0 spiro atoms. The third-order valence-corrected chi connectivity index (χ3v) is 2.43. The van der Waals surface area contributed by atoms with Crippen molar-refractivity contribution in [3.8, 4) is 0 Å². The predicted octanol–water partition coefficient (Wildman–Crippen LogP) is 1.97. The van der Waals surface area contributed by atoms with Crippen LogP contribution in [0.1, 0.15) is 25.5 Å². The van der Waals surface area contributed by atoms with Crippen LogP contribution >= 0.6 is 0 Å². The molecular formula is C12H24N4. The summed E-state index contributed by atoms with van der Waals surface area (Å²) in [5.41, 5.74) is 1.09. The highest BCUT2D eigenvalue weighted by atomic mass is 15.2. The third kappa shape index (κ3) is 4.23. The quantitative estimate of drug-likeness (QED) is 0.719. The van der Waals surface area contributed by atoms with Crippen LogP contribution < -0.4 is 5.32 Å². The van der Waals surface area contributed by atoms with Gasteiger partial charge in [0.05, 0.1) is 5.69 Å². The van der Waals surface area contributed by atoms with Crippen molar-refractivity contribution in [3.63, 3.8) is 0 Å². The van der Waals surface area contributed by atoms with Crippen LogP contribution in [0, 0.1) is 6.92 Å². The van der Waals surface area contributed by atoms with E-state index in [9.17, 15) is 0 Å². The van der Waals surface area contributed by atoms with Crippen molar-refractivity contribution >= 4 is 5.95 Å². The average molecular weight is 224 g/mol. The van der Waals surface area contributed by atoms with Gasteiger partial charge in [0.25, 0.3) is 0 Å². The largest absolute Gasteiger partial charge is 0.356 e. The fraction of sp³-hybridized carbons (Fsp3) is 0.750. The second-order valence-electron chi connectivity index (χ2n) is 4.48. The van der Waals surface area contributed by atoms with Gasteiger partial charge in [0.1, 0.15) is 0 Å². The average Bonchev–Trinajstić information content (AvgIpc) is 2.54. The number of nitrogens with zero attached hydrogens (tertiary/aromatic N) is 3. The molecule has 0 aromatic carbocycles. The Bertz CT molecular complexity index is 304. The Labute approximate surface area is 98.7 Å². The van der Waals surface area contributed by atoms with Crippen LogP contribution in [0.4, 0.5) is 5.95 Å². The number of nitrogens with one attached hydrogen (secondary N) is 1. The Balaban J connectivity index is 2.40. The lowest BCUT2D eigenvalue weighted by molar-refractivity contribution is 0.405. The van der Waals surface area contributed by atoms with Gasteiger partial charge in [-0.15, -0.1) is 0 Å². The first-order chi connectivity index (χ1) is 7.63. The van der Waals surface area contributed by atoms with E-state index in [1.165, 1.54) is 0 Å². The first-order valence-electron chi connectivity index (χ1n) is 6.06. The Morgan fingerprint density at radius 1 is 1.44 bits per heavy atom. The van der Waals surface area contributed by atoms with E-state index in [2.05, 4.69) is 47.0 Å². The molecule has 0 atom stereocenters. The lowest BCUT2D eigenvalue weighted by Crippen LogP contribution is -2.17. The summed E-state index contributed by atoms with van der Waals surface area (Å²) < 4.78 is 2.20. The van der Waals surface area contributed by atoms with Crippen LogP contribution in [-0.4, -0.2) is 41.6 Å². The molecule has 4 heteroatoms. The first kappa shape index (κ1) is 13.0. The minimum absolute atomic E-state index is 0.984. The molecule has 0 fully saturated rings. The molecule has 16 heavy (non-hydrogen) atoms. The van der Waals surface area contributed by atoms with Gasteiger partial charge < -0.3 is 14.8 Å². The second kappa shape index (κ2) is 6.53. The summed E-state index contributed by atoms with van der Waals surface area (Å²) in [6, 6.07) is 0. The van der Waals surface area contributed by atoms with Gasteiger partial charge in [-0.05, 0) is 40.4 Å². The van der Waals surface area contributed by atoms with Crippen molar-refractivity contribution < 1.29 is 0 Å². The van der Waals surface area contributed by atoms with Gasteiger partial charge in [0.2, 0.25) is 5.95 Å². The molecule has 0 aliphatic rings. The summed E-state index contributed by atoms with van der Waals surface area (Å²) in [5.74, 6) is 1.01. The zero-order valence-electron chi connectivity index (χ0n) is 11.0. The number of hydrogen-bond donors (Lipinski definition) is 1. The van der Waals surface area contributed by atoms with Crippen LogP contribution in [0.3, 0.4) is 0 Å². The molecule has 1 rings (SSSR count). The molecule has 0 radical (unpaired) electrons. The summed E-state index contributed by atoms with van der Waals surface area (Å²) in [6.07, 6.45) is 4.39. The molecule has 0 saturated carbocycles. The zero-order chi connectivity index (χ0) is 12.0. The van der Waals surface area contributed by atoms with E-state index in [-0.39, 0.29) is 0 Å². The smallest absolute Gasteiger partial charge is 0.203 e. The summed E-state index contributed by atoms with van der Waals surface area (Å²) in [4.78, 5) is 6.68. The highest BCUT2D eigenvalue weighted by Crippen LogP contribution is 2.09. The summed E-state index contributed by atoms with van der Waals surface area (Å²) in [5, 5.41) is 3.40. The normalized spacial score (nSPS) is 11.1. The number of rotatable bonds is 7. The summed E-state index contributed by atoms with van der Waals surface area (Å²) in [7, 11) is 4.20. The van der Waals surface area contributed by atoms with Crippen LogP contribution in [0.2, 0.25) is 0 Å². The number of hydrogen-bond acceptors (Lipinski definition) is 3. The molecule has 92 valence electrons. The topological polar surface area (TPSA) is 33.1 Å². The Hall–Kier alpha value is -1.03. The van der Waals surface area contributed by atoms with Gasteiger partial charge in [0, 0.05) is 19.3 Å². The Morgan fingerprint density at radius 2 is 2.19 bits per heavy atom. The van der Waals surface area contributed by atoms with Crippen molar-refractivity contribution in [1.82, 2.24) is 14.5 Å². The molecule has 1 aromatic heterocycles. The van der Waals surface area contributed by atoms with Crippen molar-refractivity contribution in [2.75, 3.05) is 32.5 Å². The highest BCUT2D eigenvalue weighted by molar-refractivity contribution is 5.28. The zero-order valence-corrected chi connectivity index (χ0v) is 11.0. The first-order valence-corrected chi connectivity index (χ1v) is 6.06. The number of imidazole rings is 1. The lowest BCUT2D eigenvalue weighted by atomic mass is 10.4. The molecule has 0 unspecified atom stereocenters. The van der Waals surface area contributed by atoms with Gasteiger partial charge in [-0.25, -0.2) is 4.98 Å². The molecule has 0 amide bonds. The van der Waals surface area contributed by atoms with Gasteiger partial charge in [-0.1, -0.05) is 6.92 Å². The van der Waals surface area contributed by atoms with Crippen LogP contribution in [0.15, 0.2) is 6.20 Å². The van der Waals surface area contributed by atoms with E-state index in [0.29, 0.717) is 0 Å². The van der Waals surface area contributed by atoms with E-state index in [4.69, 9.17) is 0 Å². The number of aryl methyl sites for hydroxylation is 2. The maximum atomic E-state index is 4.48. The number of anilines is 1. The van der Waals surface area contributed by atoms with Crippen LogP contribution in [0.25, 0.3) is 0 Å². The van der Waals surface area contributed by atoms with Gasteiger partial charge >= 0.3 is 0 Å². The highest BCUT2D eigenvalue weighted by Gasteiger charge is 2.03. The Kier molecular flexibility index (Phi) is 5.32. The van der Waals surface area contributed by atoms with Crippen LogP contribution in [-0.2, 0) is 6.54 Å². The molecular weight excluding hydrogens is 200 g/mol. The van der Waals surface area contributed by atoms with E-state index in [0.717, 1.165) is 44.1 Å². The molecule has 1 heterocycles. The third-order valence-electron chi connectivity index (χ3n) is 2.43. The van der Waals surface area contributed by atoms with E-state index < -0.39 is 0 Å². The minimum Gasteiger partial charge on any atom is -0.356 e. The predicted molar refractivity (Wildman–Crippen MR) is 68.9 cm³/mol. The fourth-order valence-electron chi connectivity index (χ4n) is 1.69. The van der Waals surface area contributed by atoms with Crippen molar-refractivity contribution in [2.45, 2.75) is 33.2 Å². The molecule has 0 saturated heterocycles. The molecule has 0 aliphatic heterocycles. The molecule has 1 aromatic rings. The van der Waals surface area contributed by atoms with E-state index in [1.807, 2.05) is 6.92 Å². The molecule has 1 N–H and O–H groups in total. The van der Waals surface area contributed by atoms with Gasteiger partial charge in [-0.2, -0.15) is 0 Å². The summed E-state index contributed by atoms with van der Waals surface area (Å²) >= 11 is 0. The van der Waals surface area contributed by atoms with E-state index >= 15 is 0 Å². The number of aromatic nitrogens is 2. The van der Waals surface area contributed by atoms with Crippen LogP contribution in [0.5, 0.6) is 0 Å². The van der Waals surface area contributed by atoms with Gasteiger partial charge in [-0.3, -0.25) is 0 Å². The van der Waals surface area contributed by atoms with Crippen molar-refractivity contribution in [3.05, 3.63) is 11.9 Å². The SMILES string of the molecule is CCCn1cc(C)nc1NCCCN(C)C.